The van der Waals surface area contributed by atoms with Crippen LogP contribution in [0, 0.1) is 0 Å². The van der Waals surface area contributed by atoms with Crippen molar-refractivity contribution in [2.24, 2.45) is 7.05 Å². The van der Waals surface area contributed by atoms with Crippen molar-refractivity contribution >= 4 is 28.5 Å². The molecule has 4 aromatic rings. The Morgan fingerprint density at radius 1 is 1.12 bits per heavy atom. The lowest BCUT2D eigenvalue weighted by atomic mass is 9.88. The van der Waals surface area contributed by atoms with Crippen LogP contribution in [-0.2, 0) is 29.6 Å². The number of nitrogens with one attached hydrogen (secondary N) is 1. The first kappa shape index (κ1) is 20.7. The number of benzene rings is 2. The average molecular weight is 454 g/mol. The zero-order valence-electron chi connectivity index (χ0n) is 19.2. The fourth-order valence-electron chi connectivity index (χ4n) is 5.39. The summed E-state index contributed by atoms with van der Waals surface area (Å²) in [6.07, 6.45) is 5.41. The summed E-state index contributed by atoms with van der Waals surface area (Å²) in [5.41, 5.74) is 5.45. The summed E-state index contributed by atoms with van der Waals surface area (Å²) in [7, 11) is 2.02. The molecule has 6 rings (SSSR count). The van der Waals surface area contributed by atoms with E-state index in [1.807, 2.05) is 42.1 Å². The molecule has 7 nitrogen and oxygen atoms in total. The Morgan fingerprint density at radius 3 is 2.85 bits per heavy atom. The molecule has 34 heavy (non-hydrogen) atoms. The molecule has 1 N–H and O–H groups in total. The molecule has 0 fully saturated rings. The molecular formula is C27H27N5O2. The van der Waals surface area contributed by atoms with Crippen molar-refractivity contribution < 1.29 is 9.59 Å². The summed E-state index contributed by atoms with van der Waals surface area (Å²) >= 11 is 0. The minimum Gasteiger partial charge on any atom is -0.350 e. The average Bonchev–Trinajstić information content (AvgIpc) is 3.43. The van der Waals surface area contributed by atoms with Crippen LogP contribution in [0.3, 0.4) is 0 Å². The Morgan fingerprint density at radius 2 is 1.94 bits per heavy atom. The second-order valence-corrected chi connectivity index (χ2v) is 9.22. The predicted molar refractivity (Wildman–Crippen MR) is 131 cm³/mol. The molecule has 0 spiro atoms. The molecule has 0 saturated carbocycles. The van der Waals surface area contributed by atoms with Gasteiger partial charge in [0.1, 0.15) is 12.4 Å². The fourth-order valence-corrected chi connectivity index (χ4v) is 5.39. The molecule has 2 aromatic carbocycles. The van der Waals surface area contributed by atoms with E-state index >= 15 is 0 Å². The summed E-state index contributed by atoms with van der Waals surface area (Å²) < 4.78 is 3.93. The topological polar surface area (TPSA) is 72.2 Å². The molecule has 0 unspecified atom stereocenters. The van der Waals surface area contributed by atoms with E-state index in [0.717, 1.165) is 41.4 Å². The van der Waals surface area contributed by atoms with Crippen molar-refractivity contribution in [3.63, 3.8) is 0 Å². The van der Waals surface area contributed by atoms with Gasteiger partial charge in [0.05, 0.1) is 18.3 Å². The van der Waals surface area contributed by atoms with E-state index in [1.54, 1.807) is 4.90 Å². The Balaban J connectivity index is 1.27. The molecular weight excluding hydrogens is 426 g/mol. The number of hydrogen-bond acceptors (Lipinski definition) is 3. The van der Waals surface area contributed by atoms with Gasteiger partial charge in [0.15, 0.2) is 0 Å². The zero-order chi connectivity index (χ0) is 23.2. The molecule has 2 amide bonds. The molecule has 7 heteroatoms. The number of aromatic nitrogens is 3. The van der Waals surface area contributed by atoms with Gasteiger partial charge in [0.25, 0.3) is 0 Å². The highest BCUT2D eigenvalue weighted by Crippen LogP contribution is 2.34. The molecule has 3 heterocycles. The van der Waals surface area contributed by atoms with Gasteiger partial charge in [0, 0.05) is 42.2 Å². The number of carbonyl (C=O) groups is 2. The van der Waals surface area contributed by atoms with E-state index in [9.17, 15) is 9.59 Å². The summed E-state index contributed by atoms with van der Waals surface area (Å²) in [6.45, 7) is 0.519. The molecule has 0 radical (unpaired) electrons. The third-order valence-corrected chi connectivity index (χ3v) is 7.05. The molecule has 1 aliphatic carbocycles. The lowest BCUT2D eigenvalue weighted by Gasteiger charge is -2.29. The summed E-state index contributed by atoms with van der Waals surface area (Å²) in [5.74, 6) is 0.492. The van der Waals surface area contributed by atoms with Crippen molar-refractivity contribution in [2.75, 3.05) is 11.4 Å². The van der Waals surface area contributed by atoms with Gasteiger partial charge >= 0.3 is 0 Å². The smallest absolute Gasteiger partial charge is 0.240 e. The number of amides is 2. The van der Waals surface area contributed by atoms with E-state index in [4.69, 9.17) is 5.10 Å². The van der Waals surface area contributed by atoms with Crippen molar-refractivity contribution in [1.82, 2.24) is 19.7 Å². The standard InChI is InChI=1S/C27H27N5O2/c1-30-16-21(20-10-4-5-12-24(20)30)23-15-26-31(27(34)13-14-32(26)29-23)17-25(33)28-22-11-6-8-18-7-2-3-9-19(18)22/h2-5,7,9-10,12,15-16,22H,6,8,11,13-14,17H2,1H3,(H,28,33)/t22-/m1/s1. The van der Waals surface area contributed by atoms with Gasteiger partial charge in [-0.2, -0.15) is 5.10 Å². The molecule has 1 atom stereocenters. The van der Waals surface area contributed by atoms with Crippen molar-refractivity contribution in [2.45, 2.75) is 38.3 Å². The van der Waals surface area contributed by atoms with Crippen LogP contribution in [0.25, 0.3) is 22.2 Å². The largest absolute Gasteiger partial charge is 0.350 e. The Kier molecular flexibility index (Phi) is 4.98. The zero-order valence-corrected chi connectivity index (χ0v) is 19.2. The maximum atomic E-state index is 13.1. The molecule has 0 saturated heterocycles. The SMILES string of the molecule is Cn1cc(-c2cc3n(n2)CCC(=O)N3CC(=O)N[C@@H]2CCCc3ccccc32)c2ccccc21. The summed E-state index contributed by atoms with van der Waals surface area (Å²) in [6, 6.07) is 18.4. The van der Waals surface area contributed by atoms with Crippen molar-refractivity contribution in [1.29, 1.82) is 0 Å². The van der Waals surface area contributed by atoms with Crippen LogP contribution in [0.5, 0.6) is 0 Å². The van der Waals surface area contributed by atoms with E-state index in [0.29, 0.717) is 18.8 Å². The Bertz CT molecular complexity index is 1420. The monoisotopic (exact) mass is 453 g/mol. The number of fused-ring (bicyclic) bond motifs is 3. The van der Waals surface area contributed by atoms with Crippen molar-refractivity contribution in [3.05, 3.63) is 71.9 Å². The highest BCUT2D eigenvalue weighted by atomic mass is 16.2. The van der Waals surface area contributed by atoms with Crippen LogP contribution < -0.4 is 10.2 Å². The van der Waals surface area contributed by atoms with E-state index in [-0.39, 0.29) is 24.4 Å². The Hall–Kier alpha value is -3.87. The number of aryl methyl sites for hydroxylation is 3. The third kappa shape index (κ3) is 3.48. The van der Waals surface area contributed by atoms with Crippen LogP contribution in [-0.4, -0.2) is 32.7 Å². The van der Waals surface area contributed by atoms with Gasteiger partial charge in [0.2, 0.25) is 11.8 Å². The quantitative estimate of drug-likeness (QED) is 0.508. The number of anilines is 1. The van der Waals surface area contributed by atoms with E-state index < -0.39 is 0 Å². The molecule has 2 aliphatic rings. The molecule has 172 valence electrons. The lowest BCUT2D eigenvalue weighted by molar-refractivity contribution is -0.124. The van der Waals surface area contributed by atoms with Crippen LogP contribution in [0.4, 0.5) is 5.82 Å². The number of carbonyl (C=O) groups excluding carboxylic acids is 2. The highest BCUT2D eigenvalue weighted by molar-refractivity contribution is 6.00. The first-order valence-electron chi connectivity index (χ1n) is 11.9. The molecule has 0 bridgehead atoms. The van der Waals surface area contributed by atoms with Crippen LogP contribution in [0.2, 0.25) is 0 Å². The second-order valence-electron chi connectivity index (χ2n) is 9.22. The van der Waals surface area contributed by atoms with Gasteiger partial charge < -0.3 is 9.88 Å². The summed E-state index contributed by atoms with van der Waals surface area (Å²) in [4.78, 5) is 27.5. The minimum absolute atomic E-state index is 0.00181. The third-order valence-electron chi connectivity index (χ3n) is 7.05. The van der Waals surface area contributed by atoms with Crippen molar-refractivity contribution in [3.8, 4) is 11.3 Å². The van der Waals surface area contributed by atoms with Gasteiger partial charge in [-0.05, 0) is 36.5 Å². The van der Waals surface area contributed by atoms with Crippen LogP contribution >= 0.6 is 0 Å². The first-order chi connectivity index (χ1) is 16.6. The number of para-hydroxylation sites is 1. The number of nitrogens with zero attached hydrogens (tertiary/aromatic N) is 4. The Labute approximate surface area is 198 Å². The fraction of sp³-hybridized carbons (Fsp3) is 0.296. The van der Waals surface area contributed by atoms with Crippen LogP contribution in [0.1, 0.15) is 36.4 Å². The number of rotatable bonds is 4. The predicted octanol–water partition coefficient (Wildman–Crippen LogP) is 3.97. The van der Waals surface area contributed by atoms with E-state index in [1.165, 1.54) is 11.1 Å². The van der Waals surface area contributed by atoms with Crippen LogP contribution in [0.15, 0.2) is 60.8 Å². The lowest BCUT2D eigenvalue weighted by Crippen LogP contribution is -2.45. The minimum atomic E-state index is -0.142. The maximum absolute atomic E-state index is 13.1. The van der Waals surface area contributed by atoms with Gasteiger partial charge in [-0.15, -0.1) is 0 Å². The van der Waals surface area contributed by atoms with Gasteiger partial charge in [-0.3, -0.25) is 14.5 Å². The first-order valence-corrected chi connectivity index (χ1v) is 11.9. The van der Waals surface area contributed by atoms with E-state index in [2.05, 4.69) is 40.3 Å². The number of hydrogen-bond donors (Lipinski definition) is 1. The maximum Gasteiger partial charge on any atom is 0.240 e. The highest BCUT2D eigenvalue weighted by Gasteiger charge is 2.30. The van der Waals surface area contributed by atoms with Gasteiger partial charge in [-0.1, -0.05) is 42.5 Å². The molecule has 1 aliphatic heterocycles. The second kappa shape index (κ2) is 8.17. The normalized spacial score (nSPS) is 17.5. The van der Waals surface area contributed by atoms with Gasteiger partial charge in [-0.25, -0.2) is 4.68 Å². The summed E-state index contributed by atoms with van der Waals surface area (Å²) in [5, 5.41) is 9.09. The molecule has 2 aromatic heterocycles.